The Bertz CT molecular complexity index is 668. The first-order valence-electron chi connectivity index (χ1n) is 8.34. The normalized spacial score (nSPS) is 11.7. The summed E-state index contributed by atoms with van der Waals surface area (Å²) in [7, 11) is 0. The molecule has 1 heterocycles. The molecule has 0 radical (unpaired) electrons. The molecule has 0 aliphatic rings. The van der Waals surface area contributed by atoms with Gasteiger partial charge < -0.3 is 15.1 Å². The molecule has 7 heteroatoms. The summed E-state index contributed by atoms with van der Waals surface area (Å²) < 4.78 is 5.27. The molecular weight excluding hydrogens is 322 g/mol. The van der Waals surface area contributed by atoms with Gasteiger partial charge in [0.05, 0.1) is 11.2 Å². The lowest BCUT2D eigenvalue weighted by molar-refractivity contribution is -0.384. The molecule has 1 aromatic carbocycles. The Morgan fingerprint density at radius 2 is 2.04 bits per heavy atom. The van der Waals surface area contributed by atoms with E-state index in [0.29, 0.717) is 19.4 Å². The number of non-ortho nitro benzene ring substituents is 1. The van der Waals surface area contributed by atoms with E-state index < -0.39 is 4.92 Å². The van der Waals surface area contributed by atoms with Gasteiger partial charge in [0.2, 0.25) is 5.91 Å². The first-order valence-corrected chi connectivity index (χ1v) is 8.34. The average molecular weight is 345 g/mol. The Labute approximate surface area is 146 Å². The molecule has 0 aliphatic carbocycles. The number of nitro benzene ring substituents is 1. The highest BCUT2D eigenvalue weighted by Crippen LogP contribution is 2.15. The van der Waals surface area contributed by atoms with Gasteiger partial charge >= 0.3 is 0 Å². The van der Waals surface area contributed by atoms with E-state index in [4.69, 9.17) is 4.42 Å². The third-order valence-electron chi connectivity index (χ3n) is 3.80. The predicted octanol–water partition coefficient (Wildman–Crippen LogP) is 3.52. The van der Waals surface area contributed by atoms with Crippen molar-refractivity contribution in [1.29, 1.82) is 0 Å². The smallest absolute Gasteiger partial charge is 0.269 e. The Kier molecular flexibility index (Phi) is 7.00. The van der Waals surface area contributed by atoms with Crippen LogP contribution in [-0.2, 0) is 11.2 Å². The zero-order chi connectivity index (χ0) is 18.1. The van der Waals surface area contributed by atoms with Crippen molar-refractivity contribution in [3.8, 4) is 0 Å². The van der Waals surface area contributed by atoms with Crippen molar-refractivity contribution < 1.29 is 14.1 Å². The molecule has 2 aromatic rings. The van der Waals surface area contributed by atoms with Gasteiger partial charge in [-0.05, 0) is 44.0 Å². The molecule has 0 aliphatic heterocycles. The number of amides is 1. The molecule has 1 amide bonds. The van der Waals surface area contributed by atoms with Crippen LogP contribution in [0.4, 0.5) is 11.4 Å². The van der Waals surface area contributed by atoms with E-state index in [1.165, 1.54) is 12.1 Å². The van der Waals surface area contributed by atoms with Crippen LogP contribution in [0.15, 0.2) is 47.1 Å². The van der Waals surface area contributed by atoms with Crippen LogP contribution in [0.3, 0.4) is 0 Å². The summed E-state index contributed by atoms with van der Waals surface area (Å²) in [6.45, 7) is 2.61. The van der Waals surface area contributed by atoms with Gasteiger partial charge in [-0.15, -0.1) is 0 Å². The largest absolute Gasteiger partial charge is 0.469 e. The Balaban J connectivity index is 1.59. The number of hydrogen-bond acceptors (Lipinski definition) is 5. The number of nitro groups is 1. The number of carbonyl (C=O) groups is 1. The van der Waals surface area contributed by atoms with Crippen LogP contribution >= 0.6 is 0 Å². The summed E-state index contributed by atoms with van der Waals surface area (Å²) in [5, 5.41) is 16.7. The minimum absolute atomic E-state index is 0.0254. The second kappa shape index (κ2) is 9.46. The molecule has 0 saturated carbocycles. The third kappa shape index (κ3) is 6.66. The number of nitrogens with one attached hydrogen (secondary N) is 2. The Morgan fingerprint density at radius 3 is 2.68 bits per heavy atom. The fraction of sp³-hybridized carbons (Fsp3) is 0.389. The number of furan rings is 1. The number of rotatable bonds is 10. The number of aryl methyl sites for hydroxylation is 1. The van der Waals surface area contributed by atoms with Gasteiger partial charge in [0.15, 0.2) is 0 Å². The molecule has 0 fully saturated rings. The lowest BCUT2D eigenvalue weighted by Gasteiger charge is -2.13. The first kappa shape index (κ1) is 18.5. The third-order valence-corrected chi connectivity index (χ3v) is 3.80. The zero-order valence-corrected chi connectivity index (χ0v) is 14.2. The number of benzene rings is 1. The van der Waals surface area contributed by atoms with Crippen molar-refractivity contribution in [2.45, 2.75) is 38.6 Å². The van der Waals surface area contributed by atoms with E-state index >= 15 is 0 Å². The second-order valence-corrected chi connectivity index (χ2v) is 5.92. The van der Waals surface area contributed by atoms with E-state index in [2.05, 4.69) is 10.6 Å². The SMILES string of the molecule is CC(CCc1ccco1)NC(=O)CCCNc1ccc([N+](=O)[O-])cc1. The highest BCUT2D eigenvalue weighted by molar-refractivity contribution is 5.76. The monoisotopic (exact) mass is 345 g/mol. The van der Waals surface area contributed by atoms with Gasteiger partial charge in [-0.1, -0.05) is 0 Å². The Hall–Kier alpha value is -2.83. The lowest BCUT2D eigenvalue weighted by Crippen LogP contribution is -2.32. The van der Waals surface area contributed by atoms with Crippen molar-refractivity contribution in [2.75, 3.05) is 11.9 Å². The maximum Gasteiger partial charge on any atom is 0.269 e. The zero-order valence-electron chi connectivity index (χ0n) is 14.2. The van der Waals surface area contributed by atoms with Crippen molar-refractivity contribution in [2.24, 2.45) is 0 Å². The Morgan fingerprint density at radius 1 is 1.28 bits per heavy atom. The fourth-order valence-electron chi connectivity index (χ4n) is 2.42. The molecule has 2 N–H and O–H groups in total. The second-order valence-electron chi connectivity index (χ2n) is 5.92. The molecule has 7 nitrogen and oxygen atoms in total. The lowest BCUT2D eigenvalue weighted by atomic mass is 10.1. The highest BCUT2D eigenvalue weighted by atomic mass is 16.6. The average Bonchev–Trinajstić information content (AvgIpc) is 3.11. The van der Waals surface area contributed by atoms with Crippen molar-refractivity contribution in [3.63, 3.8) is 0 Å². The molecule has 1 unspecified atom stereocenters. The first-order chi connectivity index (χ1) is 12.0. The molecule has 134 valence electrons. The minimum Gasteiger partial charge on any atom is -0.469 e. The predicted molar refractivity (Wildman–Crippen MR) is 95.5 cm³/mol. The molecule has 0 bridgehead atoms. The van der Waals surface area contributed by atoms with Gasteiger partial charge in [0, 0.05) is 43.2 Å². The van der Waals surface area contributed by atoms with Gasteiger partial charge in [-0.3, -0.25) is 14.9 Å². The molecule has 1 aromatic heterocycles. The molecular formula is C18H23N3O4. The van der Waals surface area contributed by atoms with Crippen molar-refractivity contribution >= 4 is 17.3 Å². The number of carbonyl (C=O) groups excluding carboxylic acids is 1. The summed E-state index contributed by atoms with van der Waals surface area (Å²) in [6.07, 6.45) is 4.41. The topological polar surface area (TPSA) is 97.4 Å². The van der Waals surface area contributed by atoms with E-state index in [9.17, 15) is 14.9 Å². The summed E-state index contributed by atoms with van der Waals surface area (Å²) in [4.78, 5) is 22.1. The molecule has 1 atom stereocenters. The van der Waals surface area contributed by atoms with E-state index in [0.717, 1.165) is 24.3 Å². The van der Waals surface area contributed by atoms with Crippen LogP contribution in [0.5, 0.6) is 0 Å². The molecule has 2 rings (SSSR count). The number of hydrogen-bond donors (Lipinski definition) is 2. The van der Waals surface area contributed by atoms with E-state index in [-0.39, 0.29) is 17.6 Å². The summed E-state index contributed by atoms with van der Waals surface area (Å²) in [5.41, 5.74) is 0.867. The van der Waals surface area contributed by atoms with Crippen LogP contribution in [0.2, 0.25) is 0 Å². The standard InChI is InChI=1S/C18H23N3O4/c1-14(6-11-17-4-3-13-25-17)20-18(22)5-2-12-19-15-7-9-16(10-8-15)21(23)24/h3-4,7-10,13-14,19H,2,5-6,11-12H2,1H3,(H,20,22). The van der Waals surface area contributed by atoms with Gasteiger partial charge in [-0.2, -0.15) is 0 Å². The van der Waals surface area contributed by atoms with E-state index in [1.807, 2.05) is 19.1 Å². The van der Waals surface area contributed by atoms with Crippen LogP contribution in [0, 0.1) is 10.1 Å². The van der Waals surface area contributed by atoms with Crippen LogP contribution in [0.25, 0.3) is 0 Å². The van der Waals surface area contributed by atoms with Crippen LogP contribution in [0.1, 0.15) is 31.9 Å². The van der Waals surface area contributed by atoms with Gasteiger partial charge in [0.25, 0.3) is 5.69 Å². The van der Waals surface area contributed by atoms with Gasteiger partial charge in [0.1, 0.15) is 5.76 Å². The maximum atomic E-state index is 11.9. The quantitative estimate of drug-likeness (QED) is 0.390. The number of nitrogens with zero attached hydrogens (tertiary/aromatic N) is 1. The minimum atomic E-state index is -0.429. The summed E-state index contributed by atoms with van der Waals surface area (Å²) in [6, 6.07) is 10.1. The maximum absolute atomic E-state index is 11.9. The summed E-state index contributed by atoms with van der Waals surface area (Å²) >= 11 is 0. The van der Waals surface area contributed by atoms with Gasteiger partial charge in [-0.25, -0.2) is 0 Å². The highest BCUT2D eigenvalue weighted by Gasteiger charge is 2.08. The summed E-state index contributed by atoms with van der Waals surface area (Å²) in [5.74, 6) is 0.950. The van der Waals surface area contributed by atoms with Crippen LogP contribution < -0.4 is 10.6 Å². The molecule has 0 spiro atoms. The number of anilines is 1. The van der Waals surface area contributed by atoms with Crippen LogP contribution in [-0.4, -0.2) is 23.4 Å². The molecule has 0 saturated heterocycles. The van der Waals surface area contributed by atoms with E-state index in [1.54, 1.807) is 18.4 Å². The fourth-order valence-corrected chi connectivity index (χ4v) is 2.42. The van der Waals surface area contributed by atoms with Crippen molar-refractivity contribution in [1.82, 2.24) is 5.32 Å². The van der Waals surface area contributed by atoms with Crippen molar-refractivity contribution in [3.05, 3.63) is 58.5 Å². The molecule has 25 heavy (non-hydrogen) atoms.